The van der Waals surface area contributed by atoms with Crippen LogP contribution in [0.2, 0.25) is 5.02 Å². The van der Waals surface area contributed by atoms with Gasteiger partial charge in [-0.05, 0) is 18.9 Å². The molecule has 5 nitrogen and oxygen atoms in total. The van der Waals surface area contributed by atoms with Crippen LogP contribution in [0, 0.1) is 0 Å². The summed E-state index contributed by atoms with van der Waals surface area (Å²) in [5.74, 6) is -1.40. The van der Waals surface area contributed by atoms with E-state index in [1.54, 1.807) is 16.8 Å². The number of amides is 1. The minimum atomic E-state index is -1.01. The summed E-state index contributed by atoms with van der Waals surface area (Å²) < 4.78 is 1.75. The number of aryl methyl sites for hydroxylation is 1. The maximum atomic E-state index is 12.2. The molecule has 0 saturated heterocycles. The average molecular weight is 301 g/mol. The minimum absolute atomic E-state index is 0.395. The number of halogens is 1. The van der Waals surface area contributed by atoms with Gasteiger partial charge in [-0.3, -0.25) is 4.79 Å². The van der Waals surface area contributed by atoms with Gasteiger partial charge in [0.25, 0.3) is 5.91 Å². The molecule has 0 bridgehead atoms. The van der Waals surface area contributed by atoms with E-state index in [0.29, 0.717) is 23.7 Å². The lowest BCUT2D eigenvalue weighted by Gasteiger charge is -2.15. The number of rotatable bonds is 8. The number of carbonyl (C=O) groups excluding carboxylic acids is 1. The quantitative estimate of drug-likeness (QED) is 0.775. The molecule has 0 aliphatic heterocycles. The van der Waals surface area contributed by atoms with Crippen molar-refractivity contribution in [1.82, 2.24) is 9.88 Å². The highest BCUT2D eigenvalue weighted by Gasteiger charge is 2.22. The van der Waals surface area contributed by atoms with Crippen LogP contribution in [0.3, 0.4) is 0 Å². The highest BCUT2D eigenvalue weighted by atomic mass is 35.5. The molecule has 1 heterocycles. The van der Waals surface area contributed by atoms with Crippen LogP contribution in [0.1, 0.15) is 50.0 Å². The Morgan fingerprint density at radius 3 is 2.65 bits per heavy atom. The van der Waals surface area contributed by atoms with Gasteiger partial charge in [-0.15, -0.1) is 0 Å². The number of hydrogen-bond acceptors (Lipinski definition) is 2. The Morgan fingerprint density at radius 1 is 1.40 bits per heavy atom. The molecule has 6 heteroatoms. The number of nitrogens with one attached hydrogen (secondary N) is 1. The predicted molar refractivity (Wildman–Crippen MR) is 78.1 cm³/mol. The highest BCUT2D eigenvalue weighted by molar-refractivity contribution is 6.31. The molecule has 0 aromatic carbocycles. The molecule has 0 saturated carbocycles. The zero-order valence-corrected chi connectivity index (χ0v) is 12.6. The van der Waals surface area contributed by atoms with Gasteiger partial charge >= 0.3 is 5.97 Å². The van der Waals surface area contributed by atoms with Gasteiger partial charge in [0, 0.05) is 12.7 Å². The summed E-state index contributed by atoms with van der Waals surface area (Å²) in [5.41, 5.74) is 0.402. The van der Waals surface area contributed by atoms with Crippen molar-refractivity contribution >= 4 is 23.5 Å². The summed E-state index contributed by atoms with van der Waals surface area (Å²) >= 11 is 5.91. The Balaban J connectivity index is 2.80. The van der Waals surface area contributed by atoms with E-state index in [1.807, 2.05) is 13.8 Å². The second-order valence-corrected chi connectivity index (χ2v) is 5.18. The number of nitrogens with zero attached hydrogens (tertiary/aromatic N) is 1. The molecular formula is C14H21ClN2O3. The average Bonchev–Trinajstić information content (AvgIpc) is 2.75. The Labute approximate surface area is 123 Å². The lowest BCUT2D eigenvalue weighted by molar-refractivity contribution is -0.139. The first-order valence-corrected chi connectivity index (χ1v) is 7.26. The zero-order valence-electron chi connectivity index (χ0n) is 11.9. The summed E-state index contributed by atoms with van der Waals surface area (Å²) in [6.45, 7) is 4.64. The molecule has 1 amide bonds. The fourth-order valence-electron chi connectivity index (χ4n) is 1.99. The minimum Gasteiger partial charge on any atom is -0.480 e. The second kappa shape index (κ2) is 7.94. The molecule has 1 atom stereocenters. The predicted octanol–water partition coefficient (Wildman–Crippen LogP) is 2.92. The molecule has 1 aromatic rings. The van der Waals surface area contributed by atoms with Crippen molar-refractivity contribution in [2.45, 2.75) is 52.1 Å². The molecule has 1 aromatic heterocycles. The van der Waals surface area contributed by atoms with E-state index in [-0.39, 0.29) is 0 Å². The van der Waals surface area contributed by atoms with E-state index in [0.717, 1.165) is 19.3 Å². The molecule has 1 rings (SSSR count). The van der Waals surface area contributed by atoms with Crippen LogP contribution < -0.4 is 5.32 Å². The van der Waals surface area contributed by atoms with E-state index >= 15 is 0 Å². The summed E-state index contributed by atoms with van der Waals surface area (Å²) in [7, 11) is 0. The van der Waals surface area contributed by atoms with E-state index in [1.165, 1.54) is 0 Å². The number of hydrogen-bond donors (Lipinski definition) is 2. The first-order valence-electron chi connectivity index (χ1n) is 6.88. The smallest absolute Gasteiger partial charge is 0.326 e. The number of carbonyl (C=O) groups is 2. The number of unbranched alkanes of at least 4 members (excludes halogenated alkanes) is 1. The third-order valence-corrected chi connectivity index (χ3v) is 3.22. The second-order valence-electron chi connectivity index (χ2n) is 4.74. The third-order valence-electron chi connectivity index (χ3n) is 3.01. The van der Waals surface area contributed by atoms with Gasteiger partial charge < -0.3 is 15.0 Å². The fraction of sp³-hybridized carbons (Fsp3) is 0.571. The maximum Gasteiger partial charge on any atom is 0.326 e. The lowest BCUT2D eigenvalue weighted by Crippen LogP contribution is -2.41. The van der Waals surface area contributed by atoms with Crippen LogP contribution in [-0.2, 0) is 11.3 Å². The van der Waals surface area contributed by atoms with Crippen LogP contribution in [0.15, 0.2) is 12.3 Å². The van der Waals surface area contributed by atoms with Gasteiger partial charge in [-0.2, -0.15) is 0 Å². The molecule has 2 N–H and O–H groups in total. The molecule has 20 heavy (non-hydrogen) atoms. The monoisotopic (exact) mass is 300 g/mol. The standard InChI is InChI=1S/C14H21ClN2O3/c1-3-5-6-11(14(19)20)16-13(18)12-8-10(15)9-17(12)7-4-2/h8-9,11H,3-7H2,1-2H3,(H,16,18)(H,19,20)/t11-/m0/s1. The van der Waals surface area contributed by atoms with Crippen LogP contribution in [0.5, 0.6) is 0 Å². The van der Waals surface area contributed by atoms with Crippen LogP contribution in [0.4, 0.5) is 0 Å². The van der Waals surface area contributed by atoms with Crippen molar-refractivity contribution in [3.05, 3.63) is 23.0 Å². The Hall–Kier alpha value is -1.49. The van der Waals surface area contributed by atoms with Crippen molar-refractivity contribution in [3.63, 3.8) is 0 Å². The first kappa shape index (κ1) is 16.6. The summed E-state index contributed by atoms with van der Waals surface area (Å²) in [6.07, 6.45) is 4.62. The summed E-state index contributed by atoms with van der Waals surface area (Å²) in [5, 5.41) is 12.2. The van der Waals surface area contributed by atoms with Gasteiger partial charge in [0.2, 0.25) is 0 Å². The molecule has 0 spiro atoms. The van der Waals surface area contributed by atoms with Crippen LogP contribution >= 0.6 is 11.6 Å². The number of aliphatic carboxylic acids is 1. The fourth-order valence-corrected chi connectivity index (χ4v) is 2.21. The normalized spacial score (nSPS) is 12.2. The maximum absolute atomic E-state index is 12.2. The Morgan fingerprint density at radius 2 is 2.10 bits per heavy atom. The largest absolute Gasteiger partial charge is 0.480 e. The van der Waals surface area contributed by atoms with E-state index in [2.05, 4.69) is 5.32 Å². The van der Waals surface area contributed by atoms with Gasteiger partial charge in [-0.25, -0.2) is 4.79 Å². The summed E-state index contributed by atoms with van der Waals surface area (Å²) in [6, 6.07) is 0.705. The molecule has 0 aliphatic carbocycles. The van der Waals surface area contributed by atoms with Gasteiger partial charge in [0.1, 0.15) is 11.7 Å². The molecule has 0 unspecified atom stereocenters. The number of aromatic nitrogens is 1. The molecule has 0 fully saturated rings. The Bertz CT molecular complexity index is 471. The zero-order chi connectivity index (χ0) is 15.1. The molecule has 0 radical (unpaired) electrons. The Kier molecular flexibility index (Phi) is 6.58. The lowest BCUT2D eigenvalue weighted by atomic mass is 10.1. The van der Waals surface area contributed by atoms with Crippen molar-refractivity contribution in [3.8, 4) is 0 Å². The SMILES string of the molecule is CCCC[C@H](NC(=O)c1cc(Cl)cn1CCC)C(=O)O. The number of carboxylic acid groups (broad SMARTS) is 1. The number of carboxylic acids is 1. The van der Waals surface area contributed by atoms with Gasteiger partial charge in [-0.1, -0.05) is 38.3 Å². The third kappa shape index (κ3) is 4.56. The molecular weight excluding hydrogens is 280 g/mol. The van der Waals surface area contributed by atoms with E-state index in [9.17, 15) is 9.59 Å². The topological polar surface area (TPSA) is 71.3 Å². The van der Waals surface area contributed by atoms with Gasteiger partial charge in [0.15, 0.2) is 0 Å². The highest BCUT2D eigenvalue weighted by Crippen LogP contribution is 2.15. The van der Waals surface area contributed by atoms with Crippen molar-refractivity contribution in [2.75, 3.05) is 0 Å². The van der Waals surface area contributed by atoms with Crippen LogP contribution in [-0.4, -0.2) is 27.6 Å². The summed E-state index contributed by atoms with van der Waals surface area (Å²) in [4.78, 5) is 23.3. The van der Waals surface area contributed by atoms with Gasteiger partial charge in [0.05, 0.1) is 5.02 Å². The molecule has 112 valence electrons. The first-order chi connectivity index (χ1) is 9.49. The van der Waals surface area contributed by atoms with E-state index < -0.39 is 17.9 Å². The molecule has 0 aliphatic rings. The van der Waals surface area contributed by atoms with Crippen molar-refractivity contribution in [1.29, 1.82) is 0 Å². The van der Waals surface area contributed by atoms with Crippen LogP contribution in [0.25, 0.3) is 0 Å². The van der Waals surface area contributed by atoms with Crippen molar-refractivity contribution in [2.24, 2.45) is 0 Å². The van der Waals surface area contributed by atoms with E-state index in [4.69, 9.17) is 16.7 Å². The van der Waals surface area contributed by atoms with Crippen molar-refractivity contribution < 1.29 is 14.7 Å².